The monoisotopic (exact) mass is 295 g/mol. The number of nitrogens with zero attached hydrogens (tertiary/aromatic N) is 1. The summed E-state index contributed by atoms with van der Waals surface area (Å²) in [7, 11) is 0. The summed E-state index contributed by atoms with van der Waals surface area (Å²) in [6.07, 6.45) is 0.440. The van der Waals surface area contributed by atoms with Gasteiger partial charge in [0.2, 0.25) is 5.91 Å². The molecule has 2 aromatic carbocycles. The first-order valence-electron chi connectivity index (χ1n) is 7.72. The predicted octanol–water partition coefficient (Wildman–Crippen LogP) is 3.14. The first kappa shape index (κ1) is 14.8. The van der Waals surface area contributed by atoms with Gasteiger partial charge in [-0.25, -0.2) is 0 Å². The van der Waals surface area contributed by atoms with E-state index in [0.29, 0.717) is 26.1 Å². The Labute approximate surface area is 131 Å². The van der Waals surface area contributed by atoms with Crippen LogP contribution >= 0.6 is 0 Å². The SMILES string of the molecule is Cc1ccc(C2CN(C(=O)Cc3ccccc3)CCO2)cc1. The van der Waals surface area contributed by atoms with Crippen LogP contribution in [0.15, 0.2) is 54.6 Å². The Morgan fingerprint density at radius 3 is 2.59 bits per heavy atom. The second-order valence-electron chi connectivity index (χ2n) is 5.77. The molecule has 1 heterocycles. The Hall–Kier alpha value is -2.13. The van der Waals surface area contributed by atoms with Crippen molar-refractivity contribution in [3.8, 4) is 0 Å². The quantitative estimate of drug-likeness (QED) is 0.870. The van der Waals surface area contributed by atoms with Gasteiger partial charge in [-0.3, -0.25) is 4.79 Å². The van der Waals surface area contributed by atoms with Crippen molar-refractivity contribution in [2.75, 3.05) is 19.7 Å². The van der Waals surface area contributed by atoms with Crippen LogP contribution in [0.1, 0.15) is 22.8 Å². The van der Waals surface area contributed by atoms with Gasteiger partial charge in [0, 0.05) is 6.54 Å². The fourth-order valence-corrected chi connectivity index (χ4v) is 2.74. The Kier molecular flexibility index (Phi) is 4.54. The molecule has 3 rings (SSSR count). The molecule has 0 spiro atoms. The van der Waals surface area contributed by atoms with Gasteiger partial charge < -0.3 is 9.64 Å². The number of morpholine rings is 1. The van der Waals surface area contributed by atoms with Crippen LogP contribution in [0.2, 0.25) is 0 Å². The number of amides is 1. The lowest BCUT2D eigenvalue weighted by molar-refractivity contribution is -0.138. The molecule has 1 aliphatic heterocycles. The molecule has 3 heteroatoms. The molecule has 1 fully saturated rings. The first-order valence-corrected chi connectivity index (χ1v) is 7.72. The van der Waals surface area contributed by atoms with Gasteiger partial charge in [0.1, 0.15) is 6.10 Å². The molecular weight excluding hydrogens is 274 g/mol. The van der Waals surface area contributed by atoms with Gasteiger partial charge in [0.25, 0.3) is 0 Å². The molecule has 1 atom stereocenters. The van der Waals surface area contributed by atoms with Gasteiger partial charge in [-0.1, -0.05) is 60.2 Å². The van der Waals surface area contributed by atoms with Crippen molar-refractivity contribution in [1.82, 2.24) is 4.90 Å². The summed E-state index contributed by atoms with van der Waals surface area (Å²) in [5.41, 5.74) is 3.44. The van der Waals surface area contributed by atoms with E-state index in [1.54, 1.807) is 0 Å². The average Bonchev–Trinajstić information content (AvgIpc) is 2.56. The number of ether oxygens (including phenoxy) is 1. The molecule has 1 aliphatic rings. The fourth-order valence-electron chi connectivity index (χ4n) is 2.74. The van der Waals surface area contributed by atoms with Gasteiger partial charge in [-0.05, 0) is 18.1 Å². The van der Waals surface area contributed by atoms with Gasteiger partial charge in [0.05, 0.1) is 19.6 Å². The molecule has 0 saturated carbocycles. The van der Waals surface area contributed by atoms with Crippen LogP contribution in [0.3, 0.4) is 0 Å². The summed E-state index contributed by atoms with van der Waals surface area (Å²) >= 11 is 0. The molecule has 0 aliphatic carbocycles. The molecule has 0 aromatic heterocycles. The minimum absolute atomic E-state index is 0.0194. The number of hydrogen-bond donors (Lipinski definition) is 0. The summed E-state index contributed by atoms with van der Waals surface area (Å²) in [6, 6.07) is 18.2. The second-order valence-corrected chi connectivity index (χ2v) is 5.77. The number of benzene rings is 2. The molecule has 22 heavy (non-hydrogen) atoms. The Balaban J connectivity index is 1.65. The van der Waals surface area contributed by atoms with Crippen molar-refractivity contribution in [1.29, 1.82) is 0 Å². The molecule has 3 nitrogen and oxygen atoms in total. The van der Waals surface area contributed by atoms with E-state index in [2.05, 4.69) is 31.2 Å². The second kappa shape index (κ2) is 6.75. The fraction of sp³-hybridized carbons (Fsp3) is 0.316. The van der Waals surface area contributed by atoms with Crippen LogP contribution in [0.5, 0.6) is 0 Å². The van der Waals surface area contributed by atoms with E-state index < -0.39 is 0 Å². The van der Waals surface area contributed by atoms with E-state index in [9.17, 15) is 4.79 Å². The molecule has 114 valence electrons. The topological polar surface area (TPSA) is 29.5 Å². The number of aryl methyl sites for hydroxylation is 1. The summed E-state index contributed by atoms with van der Waals surface area (Å²) < 4.78 is 5.84. The van der Waals surface area contributed by atoms with Crippen molar-refractivity contribution in [2.45, 2.75) is 19.4 Å². The minimum Gasteiger partial charge on any atom is -0.370 e. The lowest BCUT2D eigenvalue weighted by atomic mass is 10.1. The number of carbonyl (C=O) groups excluding carboxylic acids is 1. The van der Waals surface area contributed by atoms with E-state index in [1.165, 1.54) is 5.56 Å². The van der Waals surface area contributed by atoms with Crippen LogP contribution in [0.4, 0.5) is 0 Å². The zero-order chi connectivity index (χ0) is 15.4. The van der Waals surface area contributed by atoms with E-state index in [0.717, 1.165) is 11.1 Å². The van der Waals surface area contributed by atoms with Crippen molar-refractivity contribution in [2.24, 2.45) is 0 Å². The maximum atomic E-state index is 12.5. The van der Waals surface area contributed by atoms with Crippen LogP contribution in [0, 0.1) is 6.92 Å². The van der Waals surface area contributed by atoms with Gasteiger partial charge in [-0.2, -0.15) is 0 Å². The summed E-state index contributed by atoms with van der Waals surface area (Å²) in [6.45, 7) is 3.98. The maximum Gasteiger partial charge on any atom is 0.227 e. The summed E-state index contributed by atoms with van der Waals surface area (Å²) in [5, 5.41) is 0. The Bertz CT molecular complexity index is 622. The van der Waals surface area contributed by atoms with Crippen LogP contribution in [-0.4, -0.2) is 30.5 Å². The predicted molar refractivity (Wildman–Crippen MR) is 86.6 cm³/mol. The van der Waals surface area contributed by atoms with Gasteiger partial charge >= 0.3 is 0 Å². The highest BCUT2D eigenvalue weighted by Crippen LogP contribution is 2.23. The molecule has 1 saturated heterocycles. The average molecular weight is 295 g/mol. The van der Waals surface area contributed by atoms with E-state index in [4.69, 9.17) is 4.74 Å². The third kappa shape index (κ3) is 3.55. The highest BCUT2D eigenvalue weighted by molar-refractivity contribution is 5.78. The molecule has 0 N–H and O–H groups in total. The zero-order valence-corrected chi connectivity index (χ0v) is 12.9. The molecule has 1 unspecified atom stereocenters. The molecule has 0 bridgehead atoms. The minimum atomic E-state index is -0.0194. The van der Waals surface area contributed by atoms with Crippen molar-refractivity contribution in [3.05, 3.63) is 71.3 Å². The van der Waals surface area contributed by atoms with Crippen molar-refractivity contribution in [3.63, 3.8) is 0 Å². The molecular formula is C19H21NO2. The van der Waals surface area contributed by atoms with Gasteiger partial charge in [0.15, 0.2) is 0 Å². The number of carbonyl (C=O) groups is 1. The van der Waals surface area contributed by atoms with Crippen molar-refractivity contribution < 1.29 is 9.53 Å². The smallest absolute Gasteiger partial charge is 0.227 e. The van der Waals surface area contributed by atoms with E-state index in [-0.39, 0.29) is 12.0 Å². The van der Waals surface area contributed by atoms with Crippen LogP contribution < -0.4 is 0 Å². The first-order chi connectivity index (χ1) is 10.7. The highest BCUT2D eigenvalue weighted by Gasteiger charge is 2.25. The van der Waals surface area contributed by atoms with Crippen LogP contribution in [0.25, 0.3) is 0 Å². The Morgan fingerprint density at radius 1 is 1.14 bits per heavy atom. The Morgan fingerprint density at radius 2 is 1.86 bits per heavy atom. The highest BCUT2D eigenvalue weighted by atomic mass is 16.5. The van der Waals surface area contributed by atoms with Gasteiger partial charge in [-0.15, -0.1) is 0 Å². The van der Waals surface area contributed by atoms with Crippen molar-refractivity contribution >= 4 is 5.91 Å². The third-order valence-corrected chi connectivity index (χ3v) is 4.07. The molecule has 0 radical (unpaired) electrons. The zero-order valence-electron chi connectivity index (χ0n) is 12.9. The maximum absolute atomic E-state index is 12.5. The summed E-state index contributed by atoms with van der Waals surface area (Å²) in [5.74, 6) is 0.173. The van der Waals surface area contributed by atoms with Crippen LogP contribution in [-0.2, 0) is 16.0 Å². The number of rotatable bonds is 3. The lowest BCUT2D eigenvalue weighted by Gasteiger charge is -2.33. The van der Waals surface area contributed by atoms with E-state index >= 15 is 0 Å². The molecule has 2 aromatic rings. The summed E-state index contributed by atoms with van der Waals surface area (Å²) in [4.78, 5) is 14.4. The number of hydrogen-bond acceptors (Lipinski definition) is 2. The molecule has 1 amide bonds. The lowest BCUT2D eigenvalue weighted by Crippen LogP contribution is -2.42. The third-order valence-electron chi connectivity index (χ3n) is 4.07. The standard InChI is InChI=1S/C19H21NO2/c1-15-7-9-17(10-8-15)18-14-20(11-12-22-18)19(21)13-16-5-3-2-4-6-16/h2-10,18H,11-14H2,1H3. The largest absolute Gasteiger partial charge is 0.370 e. The normalized spacial score (nSPS) is 18.2. The van der Waals surface area contributed by atoms with E-state index in [1.807, 2.05) is 35.2 Å².